The van der Waals surface area contributed by atoms with Crippen molar-refractivity contribution < 1.29 is 4.79 Å². The summed E-state index contributed by atoms with van der Waals surface area (Å²) in [6, 6.07) is 22.6. The summed E-state index contributed by atoms with van der Waals surface area (Å²) in [5.74, 6) is -0.0252. The van der Waals surface area contributed by atoms with E-state index in [1.807, 2.05) is 18.2 Å². The SMILES string of the molecule is Cc1ccc(-c2cn(CCCNC(=O)C3(N)CCNCC3)c3ccc(CN4CC5CC4CN5Cc4c(Cl)cccc4Cl)cc23)cc1. The third kappa shape index (κ3) is 6.46. The lowest BCUT2D eigenvalue weighted by molar-refractivity contribution is -0.127. The number of carbonyl (C=O) groups excluding carboxylic acids is 1. The van der Waals surface area contributed by atoms with Gasteiger partial charge in [-0.25, -0.2) is 0 Å². The highest BCUT2D eigenvalue weighted by Crippen LogP contribution is 2.37. The number of rotatable bonds is 10. The monoisotopic (exact) mass is 658 g/mol. The molecule has 2 unspecified atom stereocenters. The first-order valence-corrected chi connectivity index (χ1v) is 17.4. The number of aryl methyl sites for hydroxylation is 2. The van der Waals surface area contributed by atoms with E-state index in [0.717, 1.165) is 67.8 Å². The first-order chi connectivity index (χ1) is 22.3. The van der Waals surface area contributed by atoms with Crippen LogP contribution >= 0.6 is 23.2 Å². The minimum absolute atomic E-state index is 0.0252. The molecule has 3 aliphatic heterocycles. The van der Waals surface area contributed by atoms with Crippen molar-refractivity contribution in [1.82, 2.24) is 25.0 Å². The Kier molecular flexibility index (Phi) is 9.16. The normalized spacial score (nSPS) is 21.3. The van der Waals surface area contributed by atoms with Gasteiger partial charge in [0.25, 0.3) is 0 Å². The number of hydrogen-bond acceptors (Lipinski definition) is 5. The van der Waals surface area contributed by atoms with E-state index in [4.69, 9.17) is 28.9 Å². The largest absolute Gasteiger partial charge is 0.354 e. The van der Waals surface area contributed by atoms with E-state index in [0.29, 0.717) is 31.5 Å². The van der Waals surface area contributed by atoms with Gasteiger partial charge in [-0.2, -0.15) is 0 Å². The van der Waals surface area contributed by atoms with Gasteiger partial charge < -0.3 is 20.9 Å². The molecule has 242 valence electrons. The molecule has 0 aliphatic carbocycles. The molecule has 0 spiro atoms. The van der Waals surface area contributed by atoms with Gasteiger partial charge >= 0.3 is 0 Å². The van der Waals surface area contributed by atoms with Gasteiger partial charge in [0.05, 0.1) is 5.54 Å². The maximum absolute atomic E-state index is 12.8. The van der Waals surface area contributed by atoms with Crippen molar-refractivity contribution in [3.8, 4) is 11.1 Å². The Morgan fingerprint density at radius 1 is 0.978 bits per heavy atom. The summed E-state index contributed by atoms with van der Waals surface area (Å²) in [7, 11) is 0. The molecule has 4 N–H and O–H groups in total. The van der Waals surface area contributed by atoms with Crippen molar-refractivity contribution in [1.29, 1.82) is 0 Å². The van der Waals surface area contributed by atoms with Gasteiger partial charge in [0.1, 0.15) is 0 Å². The van der Waals surface area contributed by atoms with E-state index in [9.17, 15) is 4.79 Å². The summed E-state index contributed by atoms with van der Waals surface area (Å²) in [6.07, 6.45) is 5.67. The number of benzene rings is 3. The van der Waals surface area contributed by atoms with Crippen molar-refractivity contribution in [3.63, 3.8) is 0 Å². The van der Waals surface area contributed by atoms with Crippen molar-refractivity contribution in [3.05, 3.63) is 93.6 Å². The standard InChI is InChI=1S/C37H44Cl2N6O/c1-25-6-9-27(10-7-25)31-23-43(17-3-14-42-36(46)37(40)12-15-41-16-13-37)35-11-8-26(18-30(31)35)20-44-21-29-19-28(44)22-45(29)24-32-33(38)4-2-5-34(32)39/h2,4-11,18,23,28-29,41H,3,12-17,19-22,24,40H2,1H3,(H,42,46). The van der Waals surface area contributed by atoms with Crippen molar-refractivity contribution in [2.24, 2.45) is 5.73 Å². The van der Waals surface area contributed by atoms with Crippen LogP contribution in [0.15, 0.2) is 66.9 Å². The molecular weight excluding hydrogens is 615 g/mol. The van der Waals surface area contributed by atoms with Crippen LogP contribution in [0.3, 0.4) is 0 Å². The Morgan fingerprint density at radius 2 is 1.67 bits per heavy atom. The first kappa shape index (κ1) is 31.7. The smallest absolute Gasteiger partial charge is 0.240 e. The Balaban J connectivity index is 1.04. The molecule has 0 radical (unpaired) electrons. The second-order valence-corrected chi connectivity index (χ2v) is 14.4. The zero-order valence-electron chi connectivity index (χ0n) is 26.6. The van der Waals surface area contributed by atoms with Crippen LogP contribution in [0.5, 0.6) is 0 Å². The van der Waals surface area contributed by atoms with E-state index >= 15 is 0 Å². The maximum atomic E-state index is 12.8. The maximum Gasteiger partial charge on any atom is 0.240 e. The van der Waals surface area contributed by atoms with Crippen LogP contribution in [0.25, 0.3) is 22.0 Å². The average Bonchev–Trinajstić information content (AvgIpc) is 3.74. The molecule has 4 heterocycles. The van der Waals surface area contributed by atoms with Gasteiger partial charge in [-0.3, -0.25) is 14.6 Å². The molecule has 46 heavy (non-hydrogen) atoms. The topological polar surface area (TPSA) is 78.6 Å². The number of halogens is 2. The zero-order valence-corrected chi connectivity index (χ0v) is 28.1. The van der Waals surface area contributed by atoms with Gasteiger partial charge in [-0.15, -0.1) is 0 Å². The van der Waals surface area contributed by atoms with Crippen molar-refractivity contribution in [2.45, 2.75) is 69.9 Å². The number of piperazine rings is 1. The fraction of sp³-hybridized carbons (Fsp3) is 0.432. The van der Waals surface area contributed by atoms with Crippen molar-refractivity contribution in [2.75, 3.05) is 32.7 Å². The molecule has 4 aromatic rings. The summed E-state index contributed by atoms with van der Waals surface area (Å²) in [4.78, 5) is 18.0. The number of likely N-dealkylation sites (tertiary alicyclic amines) is 2. The van der Waals surface area contributed by atoms with E-state index in [2.05, 4.69) is 80.6 Å². The fourth-order valence-corrected chi connectivity index (χ4v) is 8.18. The molecule has 2 bridgehead atoms. The fourth-order valence-electron chi connectivity index (χ4n) is 7.66. The molecule has 9 heteroatoms. The average molecular weight is 660 g/mol. The van der Waals surface area contributed by atoms with Crippen LogP contribution in [0, 0.1) is 6.92 Å². The van der Waals surface area contributed by atoms with E-state index in [1.54, 1.807) is 0 Å². The summed E-state index contributed by atoms with van der Waals surface area (Å²) >= 11 is 13.0. The minimum Gasteiger partial charge on any atom is -0.354 e. The number of amides is 1. The number of aromatic nitrogens is 1. The first-order valence-electron chi connectivity index (χ1n) is 16.7. The Hall–Kier alpha value is -2.91. The summed E-state index contributed by atoms with van der Waals surface area (Å²) in [6.45, 7) is 8.99. The van der Waals surface area contributed by atoms with Gasteiger partial charge in [-0.1, -0.05) is 65.2 Å². The molecule has 3 aromatic carbocycles. The molecule has 3 saturated heterocycles. The van der Waals surface area contributed by atoms with Crippen LogP contribution < -0.4 is 16.4 Å². The Bertz CT molecular complexity index is 1690. The molecule has 0 saturated carbocycles. The number of carbonyl (C=O) groups is 1. The molecular formula is C37H44Cl2N6O. The molecule has 3 aliphatic rings. The highest BCUT2D eigenvalue weighted by atomic mass is 35.5. The van der Waals surface area contributed by atoms with Crippen LogP contribution in [-0.2, 0) is 24.4 Å². The van der Waals surface area contributed by atoms with Gasteiger partial charge in [0, 0.05) is 89.6 Å². The van der Waals surface area contributed by atoms with Crippen LogP contribution in [0.1, 0.15) is 42.4 Å². The van der Waals surface area contributed by atoms with E-state index < -0.39 is 5.54 Å². The lowest BCUT2D eigenvalue weighted by Gasteiger charge is -2.34. The number of nitrogens with zero attached hydrogens (tertiary/aromatic N) is 3. The predicted octanol–water partition coefficient (Wildman–Crippen LogP) is 5.97. The molecule has 2 atom stereocenters. The van der Waals surface area contributed by atoms with Crippen LogP contribution in [0.2, 0.25) is 10.0 Å². The third-order valence-corrected chi connectivity index (χ3v) is 11.1. The molecule has 7 nitrogen and oxygen atoms in total. The Labute approximate surface area is 282 Å². The number of nitrogens with two attached hydrogens (primary N) is 1. The van der Waals surface area contributed by atoms with E-state index in [1.165, 1.54) is 39.6 Å². The molecule has 7 rings (SSSR count). The quantitative estimate of drug-likeness (QED) is 0.183. The van der Waals surface area contributed by atoms with E-state index in [-0.39, 0.29) is 5.91 Å². The van der Waals surface area contributed by atoms with Gasteiger partial charge in [0.15, 0.2) is 0 Å². The lowest BCUT2D eigenvalue weighted by Crippen LogP contribution is -2.59. The molecule has 1 aromatic heterocycles. The number of piperidine rings is 1. The zero-order chi connectivity index (χ0) is 31.8. The molecule has 3 fully saturated rings. The lowest BCUT2D eigenvalue weighted by atomic mass is 9.88. The summed E-state index contributed by atoms with van der Waals surface area (Å²) in [5, 5.41) is 9.18. The number of fused-ring (bicyclic) bond motifs is 3. The molecule has 1 amide bonds. The highest BCUT2D eigenvalue weighted by Gasteiger charge is 2.43. The van der Waals surface area contributed by atoms with Crippen molar-refractivity contribution >= 4 is 40.0 Å². The van der Waals surface area contributed by atoms with Gasteiger partial charge in [-0.05, 0) is 81.1 Å². The summed E-state index contributed by atoms with van der Waals surface area (Å²) < 4.78 is 2.35. The third-order valence-electron chi connectivity index (χ3n) is 10.4. The van der Waals surface area contributed by atoms with Gasteiger partial charge in [0.2, 0.25) is 5.91 Å². The van der Waals surface area contributed by atoms with Crippen LogP contribution in [0.4, 0.5) is 0 Å². The second kappa shape index (κ2) is 13.3. The summed E-state index contributed by atoms with van der Waals surface area (Å²) in [5.41, 5.74) is 13.0. The number of hydrogen-bond donors (Lipinski definition) is 3. The van der Waals surface area contributed by atoms with Crippen LogP contribution in [-0.4, -0.2) is 70.6 Å². The predicted molar refractivity (Wildman–Crippen MR) is 188 cm³/mol. The Morgan fingerprint density at radius 3 is 2.37 bits per heavy atom. The second-order valence-electron chi connectivity index (χ2n) is 13.6. The number of nitrogens with one attached hydrogen (secondary N) is 2. The minimum atomic E-state index is -0.753. The highest BCUT2D eigenvalue weighted by molar-refractivity contribution is 6.36.